The number of carboxylic acid groups (broad SMARTS) is 2. The number of carbonyl (C=O) groups excluding carboxylic acids is 2. The molecular formula is C22H24F6N6O6. The molecule has 2 fully saturated rings. The molecule has 2 saturated heterocycles. The van der Waals surface area contributed by atoms with Crippen molar-refractivity contribution in [1.82, 2.24) is 25.0 Å². The van der Waals surface area contributed by atoms with Crippen molar-refractivity contribution >= 4 is 29.4 Å². The molecule has 12 nitrogen and oxygen atoms in total. The molecule has 0 saturated carbocycles. The number of nitrogens with zero attached hydrogens (tertiary/aromatic N) is 5. The Kier molecular flexibility index (Phi) is 9.85. The Morgan fingerprint density at radius 3 is 2.08 bits per heavy atom. The number of anilines is 1. The molecule has 1 atom stereocenters. The summed E-state index contributed by atoms with van der Waals surface area (Å²) in [6, 6.07) is 5.50. The summed E-state index contributed by atoms with van der Waals surface area (Å²) in [4.78, 5) is 52.9. The van der Waals surface area contributed by atoms with Gasteiger partial charge in [-0.05, 0) is 38.6 Å². The zero-order chi connectivity index (χ0) is 30.5. The predicted molar refractivity (Wildman–Crippen MR) is 123 cm³/mol. The second kappa shape index (κ2) is 12.3. The third-order valence-corrected chi connectivity index (χ3v) is 5.92. The minimum Gasteiger partial charge on any atom is -0.475 e. The van der Waals surface area contributed by atoms with Gasteiger partial charge >= 0.3 is 24.3 Å². The number of aryl methyl sites for hydroxylation is 1. The molecule has 0 bridgehead atoms. The lowest BCUT2D eigenvalue weighted by Crippen LogP contribution is -2.64. The molecule has 2 aliphatic heterocycles. The number of piperazine rings is 1. The average Bonchev–Trinajstić information content (AvgIpc) is 3.49. The number of pyridine rings is 1. The number of halogens is 6. The molecule has 2 aromatic heterocycles. The fourth-order valence-electron chi connectivity index (χ4n) is 3.87. The van der Waals surface area contributed by atoms with E-state index < -0.39 is 24.3 Å². The van der Waals surface area contributed by atoms with Gasteiger partial charge in [-0.1, -0.05) is 0 Å². The number of rotatable bonds is 2. The number of hydrogen-bond donors (Lipinski definition) is 3. The Morgan fingerprint density at radius 1 is 1.05 bits per heavy atom. The molecule has 2 aliphatic rings. The molecule has 4 heterocycles. The number of amides is 2. The summed E-state index contributed by atoms with van der Waals surface area (Å²) in [6.07, 6.45) is -5.94. The lowest BCUT2D eigenvalue weighted by Gasteiger charge is -2.46. The van der Waals surface area contributed by atoms with E-state index in [-0.39, 0.29) is 17.4 Å². The number of carboxylic acids is 2. The molecule has 0 aromatic carbocycles. The number of H-pyrrole nitrogens is 1. The number of aromatic amines is 1. The second-order valence-electron chi connectivity index (χ2n) is 8.79. The second-order valence-corrected chi connectivity index (χ2v) is 8.79. The first kappa shape index (κ1) is 32.0. The van der Waals surface area contributed by atoms with Gasteiger partial charge in [0.15, 0.2) is 0 Å². The van der Waals surface area contributed by atoms with Crippen LogP contribution in [0.15, 0.2) is 30.6 Å². The Morgan fingerprint density at radius 2 is 1.62 bits per heavy atom. The van der Waals surface area contributed by atoms with E-state index in [4.69, 9.17) is 19.8 Å². The van der Waals surface area contributed by atoms with Gasteiger partial charge in [-0.25, -0.2) is 9.59 Å². The molecule has 3 N–H and O–H groups in total. The van der Waals surface area contributed by atoms with Crippen molar-refractivity contribution in [2.75, 3.05) is 38.1 Å². The van der Waals surface area contributed by atoms with Crippen molar-refractivity contribution in [2.45, 2.75) is 31.2 Å². The molecule has 0 radical (unpaired) electrons. The van der Waals surface area contributed by atoms with Gasteiger partial charge in [-0.2, -0.15) is 31.4 Å². The van der Waals surface area contributed by atoms with E-state index in [1.165, 1.54) is 0 Å². The molecule has 1 spiro atoms. The molecule has 4 rings (SSSR count). The van der Waals surface area contributed by atoms with Crippen LogP contribution in [0.3, 0.4) is 0 Å². The summed E-state index contributed by atoms with van der Waals surface area (Å²) >= 11 is 0. The number of likely N-dealkylation sites (N-methyl/N-ethyl adjacent to an activating group) is 1. The zero-order valence-corrected chi connectivity index (χ0v) is 21.0. The van der Waals surface area contributed by atoms with Crippen molar-refractivity contribution in [3.05, 3.63) is 42.0 Å². The van der Waals surface area contributed by atoms with Crippen LogP contribution in [0.1, 0.15) is 22.6 Å². The van der Waals surface area contributed by atoms with Gasteiger partial charge in [-0.15, -0.1) is 0 Å². The summed E-state index contributed by atoms with van der Waals surface area (Å²) in [6.45, 7) is 4.00. The van der Waals surface area contributed by atoms with E-state index in [1.807, 2.05) is 31.0 Å². The van der Waals surface area contributed by atoms with Crippen LogP contribution >= 0.6 is 0 Å². The minimum atomic E-state index is -5.08. The number of likely N-dealkylation sites (tertiary alicyclic amines) is 1. The Labute approximate surface area is 222 Å². The zero-order valence-electron chi connectivity index (χ0n) is 21.0. The molecule has 2 aromatic rings. The average molecular weight is 582 g/mol. The first-order valence-electron chi connectivity index (χ1n) is 11.2. The molecule has 1 unspecified atom stereocenters. The van der Waals surface area contributed by atoms with E-state index in [0.29, 0.717) is 31.9 Å². The van der Waals surface area contributed by atoms with Crippen molar-refractivity contribution < 1.29 is 55.7 Å². The largest absolute Gasteiger partial charge is 0.490 e. The Balaban J connectivity index is 0.000000333. The van der Waals surface area contributed by atoms with Crippen molar-refractivity contribution in [1.29, 1.82) is 0 Å². The Bertz CT molecular complexity index is 1200. The third kappa shape index (κ3) is 8.14. The maximum atomic E-state index is 12.7. The van der Waals surface area contributed by atoms with Gasteiger partial charge in [0.05, 0.1) is 24.0 Å². The summed E-state index contributed by atoms with van der Waals surface area (Å²) in [5.74, 6) is -5.52. The number of alkyl halides is 6. The highest BCUT2D eigenvalue weighted by Gasteiger charge is 2.49. The van der Waals surface area contributed by atoms with Crippen LogP contribution in [-0.2, 0) is 14.4 Å². The maximum absolute atomic E-state index is 12.7. The number of nitrogens with one attached hydrogen (secondary N) is 1. The number of hydrogen-bond acceptors (Lipinski definition) is 7. The van der Waals surface area contributed by atoms with Crippen molar-refractivity contribution in [3.8, 4) is 0 Å². The highest BCUT2D eigenvalue weighted by molar-refractivity contribution is 5.96. The van der Waals surface area contributed by atoms with Crippen LogP contribution in [0.4, 0.5) is 32.0 Å². The highest BCUT2D eigenvalue weighted by atomic mass is 19.4. The Hall–Kier alpha value is -4.22. The summed E-state index contributed by atoms with van der Waals surface area (Å²) in [5, 5.41) is 21.2. The minimum absolute atomic E-state index is 0.0545. The number of aliphatic carboxylic acids is 2. The van der Waals surface area contributed by atoms with Gasteiger partial charge in [0.25, 0.3) is 5.91 Å². The molecule has 18 heteroatoms. The fraction of sp³-hybridized carbons (Fsp3) is 0.455. The topological polar surface area (TPSA) is 160 Å². The van der Waals surface area contributed by atoms with Crippen LogP contribution < -0.4 is 4.90 Å². The number of aromatic nitrogens is 3. The summed E-state index contributed by atoms with van der Waals surface area (Å²) < 4.78 is 63.5. The normalized spacial score (nSPS) is 19.4. The van der Waals surface area contributed by atoms with E-state index in [2.05, 4.69) is 20.1 Å². The quantitative estimate of drug-likeness (QED) is 0.450. The van der Waals surface area contributed by atoms with Gasteiger partial charge in [0, 0.05) is 31.5 Å². The van der Waals surface area contributed by atoms with Crippen molar-refractivity contribution in [2.24, 2.45) is 0 Å². The van der Waals surface area contributed by atoms with E-state index in [1.54, 1.807) is 23.4 Å². The monoisotopic (exact) mass is 582 g/mol. The van der Waals surface area contributed by atoms with Crippen LogP contribution in [0.2, 0.25) is 0 Å². The maximum Gasteiger partial charge on any atom is 0.490 e. The molecule has 2 amide bonds. The SMILES string of the molecule is Cc1cc(C(=O)N2CCC3(C2)CN(c2cccnc2)C(=O)CN3C)n[nH]1.O=C(O)C(F)(F)F.O=C(O)C(F)(F)F. The molecule has 0 aliphatic carbocycles. The number of carbonyl (C=O) groups is 4. The lowest BCUT2D eigenvalue weighted by atomic mass is 9.92. The van der Waals surface area contributed by atoms with Gasteiger partial charge in [-0.3, -0.25) is 24.6 Å². The highest BCUT2D eigenvalue weighted by Crippen LogP contribution is 2.33. The van der Waals surface area contributed by atoms with Crippen molar-refractivity contribution in [3.63, 3.8) is 0 Å². The van der Waals surface area contributed by atoms with Crippen LogP contribution in [0.5, 0.6) is 0 Å². The first-order valence-corrected chi connectivity index (χ1v) is 11.2. The van der Waals surface area contributed by atoms with Gasteiger partial charge in [0.1, 0.15) is 5.69 Å². The predicted octanol–water partition coefficient (Wildman–Crippen LogP) is 1.94. The van der Waals surface area contributed by atoms with Crippen LogP contribution in [-0.4, -0.2) is 110 Å². The lowest BCUT2D eigenvalue weighted by molar-refractivity contribution is -0.193. The first-order chi connectivity index (χ1) is 18.4. The summed E-state index contributed by atoms with van der Waals surface area (Å²) in [5.41, 5.74) is 1.87. The third-order valence-electron chi connectivity index (χ3n) is 5.92. The van der Waals surface area contributed by atoms with Crippen LogP contribution in [0, 0.1) is 6.92 Å². The summed E-state index contributed by atoms with van der Waals surface area (Å²) in [7, 11) is 1.96. The van der Waals surface area contributed by atoms with Crippen LogP contribution in [0.25, 0.3) is 0 Å². The standard InChI is InChI=1S/C18H22N6O2.2C2HF3O2/c1-13-8-15(21-20-13)17(26)23-7-5-18(11-23)12-24(16(25)10-22(18)2)14-4-3-6-19-9-14;2*3-2(4,5)1(6)7/h3-4,6,8-9H,5,7,10-12H2,1-2H3,(H,20,21);2*(H,6,7). The van der Waals surface area contributed by atoms with E-state index >= 15 is 0 Å². The molecular weight excluding hydrogens is 558 g/mol. The van der Waals surface area contributed by atoms with Gasteiger partial charge in [0.2, 0.25) is 5.91 Å². The fourth-order valence-corrected chi connectivity index (χ4v) is 3.87. The van der Waals surface area contributed by atoms with E-state index in [0.717, 1.165) is 17.8 Å². The molecule has 40 heavy (non-hydrogen) atoms. The van der Waals surface area contributed by atoms with E-state index in [9.17, 15) is 35.9 Å². The van der Waals surface area contributed by atoms with Gasteiger partial charge < -0.3 is 20.0 Å². The molecule has 220 valence electrons. The smallest absolute Gasteiger partial charge is 0.475 e.